The van der Waals surface area contributed by atoms with Gasteiger partial charge in [0.1, 0.15) is 11.6 Å². The molecule has 0 spiro atoms. The number of aromatic nitrogens is 3. The molecule has 0 saturated carbocycles. The quantitative estimate of drug-likeness (QED) is 0.276. The number of aryl methyl sites for hydroxylation is 2. The Kier molecular flexibility index (Phi) is 9.58. The van der Waals surface area contributed by atoms with Gasteiger partial charge in [-0.1, -0.05) is 36.8 Å². The predicted molar refractivity (Wildman–Crippen MR) is 121 cm³/mol. The first kappa shape index (κ1) is 21.7. The summed E-state index contributed by atoms with van der Waals surface area (Å²) in [6.45, 7) is 2.79. The second-order valence-electron chi connectivity index (χ2n) is 6.76. The molecule has 0 unspecified atom stereocenters. The molecule has 0 radical (unpaired) electrons. The molecule has 1 aliphatic heterocycles. The molecule has 148 valence electrons. The van der Waals surface area contributed by atoms with Crippen molar-refractivity contribution in [1.29, 1.82) is 0 Å². The molecular formula is C20H31IN6. The Hall–Kier alpha value is -1.64. The van der Waals surface area contributed by atoms with Crippen molar-refractivity contribution in [2.24, 2.45) is 4.99 Å². The van der Waals surface area contributed by atoms with Crippen molar-refractivity contribution in [1.82, 2.24) is 25.4 Å². The summed E-state index contributed by atoms with van der Waals surface area (Å²) in [5.74, 6) is 3.10. The lowest BCUT2D eigenvalue weighted by Crippen LogP contribution is -2.39. The van der Waals surface area contributed by atoms with Gasteiger partial charge in [0.05, 0.1) is 0 Å². The van der Waals surface area contributed by atoms with E-state index in [1.165, 1.54) is 24.8 Å². The summed E-state index contributed by atoms with van der Waals surface area (Å²) in [6, 6.07) is 10.6. The molecule has 1 aliphatic rings. The van der Waals surface area contributed by atoms with Gasteiger partial charge in [-0.3, -0.25) is 4.99 Å². The first-order valence-corrected chi connectivity index (χ1v) is 9.76. The maximum atomic E-state index is 4.38. The summed E-state index contributed by atoms with van der Waals surface area (Å²) in [5.41, 5.74) is 1.38. The normalized spacial score (nSPS) is 14.0. The van der Waals surface area contributed by atoms with Crippen LogP contribution in [0.25, 0.3) is 0 Å². The van der Waals surface area contributed by atoms with Gasteiger partial charge in [-0.15, -0.1) is 34.2 Å². The summed E-state index contributed by atoms with van der Waals surface area (Å²) < 4.78 is 2.31. The van der Waals surface area contributed by atoms with E-state index in [9.17, 15) is 0 Å². The molecule has 0 fully saturated rings. The highest BCUT2D eigenvalue weighted by Gasteiger charge is 2.14. The summed E-state index contributed by atoms with van der Waals surface area (Å²) >= 11 is 0. The fourth-order valence-electron chi connectivity index (χ4n) is 3.39. The Labute approximate surface area is 179 Å². The van der Waals surface area contributed by atoms with Crippen LogP contribution in [-0.4, -0.2) is 40.9 Å². The summed E-state index contributed by atoms with van der Waals surface area (Å²) in [4.78, 5) is 4.31. The Morgan fingerprint density at radius 1 is 1.04 bits per heavy atom. The third kappa shape index (κ3) is 6.79. The Balaban J connectivity index is 0.00000261. The van der Waals surface area contributed by atoms with Crippen molar-refractivity contribution < 1.29 is 0 Å². The lowest BCUT2D eigenvalue weighted by Gasteiger charge is -2.12. The van der Waals surface area contributed by atoms with Gasteiger partial charge in [-0.2, -0.15) is 0 Å². The summed E-state index contributed by atoms with van der Waals surface area (Å²) in [5, 5.41) is 15.5. The maximum absolute atomic E-state index is 4.38. The van der Waals surface area contributed by atoms with Crippen LogP contribution >= 0.6 is 24.0 Å². The number of rotatable bonds is 7. The van der Waals surface area contributed by atoms with Gasteiger partial charge in [0.25, 0.3) is 0 Å². The van der Waals surface area contributed by atoms with E-state index < -0.39 is 0 Å². The van der Waals surface area contributed by atoms with Gasteiger partial charge in [-0.25, -0.2) is 0 Å². The van der Waals surface area contributed by atoms with Crippen LogP contribution < -0.4 is 10.6 Å². The van der Waals surface area contributed by atoms with E-state index in [1.807, 2.05) is 7.05 Å². The van der Waals surface area contributed by atoms with Crippen LogP contribution in [0.5, 0.6) is 0 Å². The highest BCUT2D eigenvalue weighted by molar-refractivity contribution is 14.0. The van der Waals surface area contributed by atoms with E-state index in [1.54, 1.807) is 0 Å². The van der Waals surface area contributed by atoms with Crippen molar-refractivity contribution in [2.75, 3.05) is 20.1 Å². The Bertz CT molecular complexity index is 698. The van der Waals surface area contributed by atoms with E-state index in [2.05, 4.69) is 60.7 Å². The molecule has 1 aromatic heterocycles. The summed E-state index contributed by atoms with van der Waals surface area (Å²) in [7, 11) is 1.82. The Morgan fingerprint density at radius 2 is 1.85 bits per heavy atom. The molecule has 0 aliphatic carbocycles. The Morgan fingerprint density at radius 3 is 2.67 bits per heavy atom. The van der Waals surface area contributed by atoms with Crippen LogP contribution in [0, 0.1) is 0 Å². The van der Waals surface area contributed by atoms with E-state index in [0.717, 1.165) is 62.9 Å². The number of aliphatic imine (C=N–C) groups is 1. The zero-order valence-electron chi connectivity index (χ0n) is 16.2. The minimum atomic E-state index is 0. The SMILES string of the molecule is CN=C(NCCCc1ccccc1)NCCc1nnc2n1CCCCC2.I. The van der Waals surface area contributed by atoms with Crippen molar-refractivity contribution in [2.45, 2.75) is 51.5 Å². The molecule has 2 aromatic rings. The largest absolute Gasteiger partial charge is 0.356 e. The molecule has 6 nitrogen and oxygen atoms in total. The minimum absolute atomic E-state index is 0. The first-order chi connectivity index (χ1) is 12.9. The van der Waals surface area contributed by atoms with E-state index in [0.29, 0.717) is 0 Å². The fraction of sp³-hybridized carbons (Fsp3) is 0.550. The van der Waals surface area contributed by atoms with Crippen molar-refractivity contribution in [3.8, 4) is 0 Å². The van der Waals surface area contributed by atoms with E-state index in [-0.39, 0.29) is 24.0 Å². The van der Waals surface area contributed by atoms with Gasteiger partial charge in [0, 0.05) is 39.5 Å². The van der Waals surface area contributed by atoms with Crippen LogP contribution in [0.3, 0.4) is 0 Å². The molecule has 0 saturated heterocycles. The molecule has 0 amide bonds. The van der Waals surface area contributed by atoms with Crippen molar-refractivity contribution in [3.05, 3.63) is 47.5 Å². The predicted octanol–water partition coefficient (Wildman–Crippen LogP) is 2.96. The second-order valence-corrected chi connectivity index (χ2v) is 6.76. The van der Waals surface area contributed by atoms with Crippen LogP contribution in [0.15, 0.2) is 35.3 Å². The molecular weight excluding hydrogens is 451 g/mol. The number of nitrogens with zero attached hydrogens (tertiary/aromatic N) is 4. The van der Waals surface area contributed by atoms with Gasteiger partial charge < -0.3 is 15.2 Å². The first-order valence-electron chi connectivity index (χ1n) is 9.76. The molecule has 0 bridgehead atoms. The van der Waals surface area contributed by atoms with Crippen LogP contribution in [0.2, 0.25) is 0 Å². The summed E-state index contributed by atoms with van der Waals surface area (Å²) in [6.07, 6.45) is 7.86. The minimum Gasteiger partial charge on any atom is -0.356 e. The number of nitrogens with one attached hydrogen (secondary N) is 2. The molecule has 0 atom stereocenters. The second kappa shape index (κ2) is 11.9. The fourth-order valence-corrected chi connectivity index (χ4v) is 3.39. The molecule has 2 N–H and O–H groups in total. The van der Waals surface area contributed by atoms with Gasteiger partial charge in [0.15, 0.2) is 5.96 Å². The third-order valence-electron chi connectivity index (χ3n) is 4.83. The number of guanidine groups is 1. The van der Waals surface area contributed by atoms with Crippen LogP contribution in [0.4, 0.5) is 0 Å². The average Bonchev–Trinajstić information content (AvgIpc) is 2.90. The zero-order valence-corrected chi connectivity index (χ0v) is 18.5. The number of hydrogen-bond donors (Lipinski definition) is 2. The highest BCUT2D eigenvalue weighted by atomic mass is 127. The van der Waals surface area contributed by atoms with Crippen molar-refractivity contribution in [3.63, 3.8) is 0 Å². The topological polar surface area (TPSA) is 67.1 Å². The smallest absolute Gasteiger partial charge is 0.190 e. The van der Waals surface area contributed by atoms with Crippen molar-refractivity contribution >= 4 is 29.9 Å². The molecule has 7 heteroatoms. The lowest BCUT2D eigenvalue weighted by molar-refractivity contribution is 0.600. The number of benzene rings is 1. The molecule has 1 aromatic carbocycles. The molecule has 2 heterocycles. The lowest BCUT2D eigenvalue weighted by atomic mass is 10.1. The van der Waals surface area contributed by atoms with Gasteiger partial charge >= 0.3 is 0 Å². The van der Waals surface area contributed by atoms with Gasteiger partial charge in [-0.05, 0) is 31.2 Å². The van der Waals surface area contributed by atoms with Crippen LogP contribution in [0.1, 0.15) is 42.9 Å². The number of fused-ring (bicyclic) bond motifs is 1. The maximum Gasteiger partial charge on any atom is 0.190 e. The molecule has 27 heavy (non-hydrogen) atoms. The average molecular weight is 482 g/mol. The zero-order chi connectivity index (χ0) is 18.0. The van der Waals surface area contributed by atoms with E-state index >= 15 is 0 Å². The van der Waals surface area contributed by atoms with Gasteiger partial charge in [0.2, 0.25) is 0 Å². The van der Waals surface area contributed by atoms with E-state index in [4.69, 9.17) is 0 Å². The highest BCUT2D eigenvalue weighted by Crippen LogP contribution is 2.14. The standard InChI is InChI=1S/C20H30N6.HI/c1-21-20(22-14-8-11-17-9-4-2-5-10-17)23-15-13-19-25-24-18-12-6-3-7-16-26(18)19;/h2,4-5,9-10H,3,6-8,11-16H2,1H3,(H2,21,22,23);1H. The number of hydrogen-bond acceptors (Lipinski definition) is 3. The molecule has 3 rings (SSSR count). The monoisotopic (exact) mass is 482 g/mol. The third-order valence-corrected chi connectivity index (χ3v) is 4.83. The van der Waals surface area contributed by atoms with Crippen LogP contribution in [-0.2, 0) is 25.8 Å². The number of halogens is 1.